The molecule has 18 heavy (non-hydrogen) atoms. The Bertz CT molecular complexity index is 632. The maximum atomic E-state index is 12.1. The molecule has 0 aliphatic carbocycles. The smallest absolute Gasteiger partial charge is 0.260 e. The Balaban J connectivity index is 2.09. The number of benzene rings is 1. The molecule has 2 aromatic rings. The topological polar surface area (TPSA) is 49.0 Å². The third kappa shape index (κ3) is 2.14. The molecule has 1 saturated heterocycles. The standard InChI is InChI=1S/C13H14BrN3O/c14-9-4-5-11-10(8-9)12(18)16-13(15-11)17-6-2-1-3-7-17/h4-5,8H,1-3,6-7H2,(H,15,16,18). The Labute approximate surface area is 113 Å². The number of rotatable bonds is 1. The second kappa shape index (κ2) is 4.72. The molecular weight excluding hydrogens is 294 g/mol. The third-order valence-corrected chi connectivity index (χ3v) is 3.80. The van der Waals surface area contributed by atoms with Gasteiger partial charge in [-0.3, -0.25) is 9.78 Å². The van der Waals surface area contributed by atoms with Crippen LogP contribution < -0.4 is 10.5 Å². The fourth-order valence-electron chi connectivity index (χ4n) is 2.35. The Morgan fingerprint density at radius 2 is 2.00 bits per heavy atom. The van der Waals surface area contributed by atoms with Gasteiger partial charge in [-0.2, -0.15) is 0 Å². The molecule has 0 atom stereocenters. The molecule has 1 aromatic carbocycles. The summed E-state index contributed by atoms with van der Waals surface area (Å²) in [6.45, 7) is 1.95. The van der Waals surface area contributed by atoms with Crippen molar-refractivity contribution in [3.8, 4) is 0 Å². The molecule has 0 saturated carbocycles. The van der Waals surface area contributed by atoms with Gasteiger partial charge in [-0.1, -0.05) is 15.9 Å². The second-order valence-corrected chi connectivity index (χ2v) is 5.51. The summed E-state index contributed by atoms with van der Waals surface area (Å²) >= 11 is 3.37. The molecule has 2 heterocycles. The molecule has 0 radical (unpaired) electrons. The number of fused-ring (bicyclic) bond motifs is 1. The summed E-state index contributed by atoms with van der Waals surface area (Å²) in [6.07, 6.45) is 3.60. The molecule has 1 fully saturated rings. The van der Waals surface area contributed by atoms with Crippen LogP contribution >= 0.6 is 15.9 Å². The molecule has 0 unspecified atom stereocenters. The zero-order valence-corrected chi connectivity index (χ0v) is 11.5. The average Bonchev–Trinajstić information content (AvgIpc) is 2.40. The maximum Gasteiger partial charge on any atom is 0.260 e. The van der Waals surface area contributed by atoms with E-state index in [1.165, 1.54) is 19.3 Å². The van der Waals surface area contributed by atoms with E-state index in [9.17, 15) is 4.79 Å². The number of aromatic nitrogens is 2. The summed E-state index contributed by atoms with van der Waals surface area (Å²) in [5.41, 5.74) is 0.685. The highest BCUT2D eigenvalue weighted by molar-refractivity contribution is 9.10. The van der Waals surface area contributed by atoms with Crippen LogP contribution in [0, 0.1) is 0 Å². The average molecular weight is 308 g/mol. The number of aromatic amines is 1. The Kier molecular flexibility index (Phi) is 3.07. The molecule has 4 nitrogen and oxygen atoms in total. The minimum absolute atomic E-state index is 0.0677. The third-order valence-electron chi connectivity index (χ3n) is 3.31. The highest BCUT2D eigenvalue weighted by Crippen LogP contribution is 2.19. The van der Waals surface area contributed by atoms with Crippen molar-refractivity contribution in [2.45, 2.75) is 19.3 Å². The van der Waals surface area contributed by atoms with Crippen LogP contribution in [0.4, 0.5) is 5.95 Å². The number of piperidine rings is 1. The van der Waals surface area contributed by atoms with Crippen LogP contribution in [0.2, 0.25) is 0 Å². The summed E-state index contributed by atoms with van der Waals surface area (Å²) in [5, 5.41) is 0.630. The molecule has 0 amide bonds. The molecule has 1 N–H and O–H groups in total. The Morgan fingerprint density at radius 3 is 2.78 bits per heavy atom. The fourth-order valence-corrected chi connectivity index (χ4v) is 2.72. The fraction of sp³-hybridized carbons (Fsp3) is 0.385. The van der Waals surface area contributed by atoms with Crippen LogP contribution in [0.1, 0.15) is 19.3 Å². The van der Waals surface area contributed by atoms with E-state index in [-0.39, 0.29) is 5.56 Å². The van der Waals surface area contributed by atoms with Crippen LogP contribution in [-0.2, 0) is 0 Å². The number of anilines is 1. The maximum absolute atomic E-state index is 12.1. The minimum Gasteiger partial charge on any atom is -0.342 e. The SMILES string of the molecule is O=c1[nH]c(N2CCCCC2)nc2ccc(Br)cc12. The first-order chi connectivity index (χ1) is 8.74. The molecule has 1 aromatic heterocycles. The van der Waals surface area contributed by atoms with Crippen molar-refractivity contribution >= 4 is 32.8 Å². The molecule has 3 rings (SSSR count). The van der Waals surface area contributed by atoms with E-state index in [2.05, 4.69) is 30.8 Å². The largest absolute Gasteiger partial charge is 0.342 e. The highest BCUT2D eigenvalue weighted by atomic mass is 79.9. The van der Waals surface area contributed by atoms with E-state index in [4.69, 9.17) is 0 Å². The van der Waals surface area contributed by atoms with Gasteiger partial charge >= 0.3 is 0 Å². The van der Waals surface area contributed by atoms with Gasteiger partial charge in [0.15, 0.2) is 0 Å². The zero-order chi connectivity index (χ0) is 12.5. The van der Waals surface area contributed by atoms with Crippen LogP contribution in [-0.4, -0.2) is 23.1 Å². The minimum atomic E-state index is -0.0677. The number of hydrogen-bond acceptors (Lipinski definition) is 3. The number of H-pyrrole nitrogens is 1. The Hall–Kier alpha value is -1.36. The second-order valence-electron chi connectivity index (χ2n) is 4.60. The highest BCUT2D eigenvalue weighted by Gasteiger charge is 2.14. The van der Waals surface area contributed by atoms with E-state index < -0.39 is 0 Å². The predicted octanol–water partition coefficient (Wildman–Crippen LogP) is 2.68. The van der Waals surface area contributed by atoms with Gasteiger partial charge in [-0.25, -0.2) is 4.98 Å². The van der Waals surface area contributed by atoms with Crippen LogP contribution in [0.5, 0.6) is 0 Å². The molecule has 0 spiro atoms. The van der Waals surface area contributed by atoms with Gasteiger partial charge in [-0.15, -0.1) is 0 Å². The van der Waals surface area contributed by atoms with Crippen molar-refractivity contribution in [1.82, 2.24) is 9.97 Å². The van der Waals surface area contributed by atoms with Crippen molar-refractivity contribution in [2.24, 2.45) is 0 Å². The van der Waals surface area contributed by atoms with Gasteiger partial charge in [0.05, 0.1) is 10.9 Å². The van der Waals surface area contributed by atoms with Crippen molar-refractivity contribution in [3.63, 3.8) is 0 Å². The van der Waals surface area contributed by atoms with E-state index in [1.54, 1.807) is 6.07 Å². The summed E-state index contributed by atoms with van der Waals surface area (Å²) in [7, 11) is 0. The Morgan fingerprint density at radius 1 is 1.22 bits per heavy atom. The normalized spacial score (nSPS) is 16.2. The van der Waals surface area contributed by atoms with Crippen molar-refractivity contribution in [3.05, 3.63) is 33.0 Å². The van der Waals surface area contributed by atoms with Crippen LogP contribution in [0.25, 0.3) is 10.9 Å². The summed E-state index contributed by atoms with van der Waals surface area (Å²) in [5.74, 6) is 0.703. The number of nitrogens with one attached hydrogen (secondary N) is 1. The van der Waals surface area contributed by atoms with E-state index >= 15 is 0 Å². The predicted molar refractivity (Wildman–Crippen MR) is 76.1 cm³/mol. The molecule has 94 valence electrons. The first-order valence-electron chi connectivity index (χ1n) is 6.18. The van der Waals surface area contributed by atoms with Crippen molar-refractivity contribution < 1.29 is 0 Å². The molecule has 5 heteroatoms. The number of hydrogen-bond donors (Lipinski definition) is 1. The molecular formula is C13H14BrN3O. The van der Waals surface area contributed by atoms with Gasteiger partial charge in [0, 0.05) is 17.6 Å². The van der Waals surface area contributed by atoms with Gasteiger partial charge in [-0.05, 0) is 37.5 Å². The van der Waals surface area contributed by atoms with Gasteiger partial charge in [0.2, 0.25) is 5.95 Å². The number of halogens is 1. The van der Waals surface area contributed by atoms with Crippen molar-refractivity contribution in [1.29, 1.82) is 0 Å². The van der Waals surface area contributed by atoms with E-state index in [1.807, 2.05) is 12.1 Å². The monoisotopic (exact) mass is 307 g/mol. The zero-order valence-electron chi connectivity index (χ0n) is 9.95. The first-order valence-corrected chi connectivity index (χ1v) is 6.98. The van der Waals surface area contributed by atoms with Crippen LogP contribution in [0.3, 0.4) is 0 Å². The summed E-state index contributed by atoms with van der Waals surface area (Å²) < 4.78 is 0.896. The lowest BCUT2D eigenvalue weighted by Gasteiger charge is -2.27. The number of nitrogens with zero attached hydrogens (tertiary/aromatic N) is 2. The van der Waals surface area contributed by atoms with Crippen LogP contribution in [0.15, 0.2) is 27.5 Å². The van der Waals surface area contributed by atoms with Gasteiger partial charge < -0.3 is 4.90 Å². The molecule has 0 bridgehead atoms. The molecule has 1 aliphatic rings. The van der Waals surface area contributed by atoms with Gasteiger partial charge in [0.1, 0.15) is 0 Å². The first kappa shape index (κ1) is 11.7. The summed E-state index contributed by atoms with van der Waals surface area (Å²) in [6, 6.07) is 5.60. The lowest BCUT2D eigenvalue weighted by molar-refractivity contribution is 0.568. The van der Waals surface area contributed by atoms with E-state index in [0.29, 0.717) is 11.3 Å². The van der Waals surface area contributed by atoms with Crippen molar-refractivity contribution in [2.75, 3.05) is 18.0 Å². The summed E-state index contributed by atoms with van der Waals surface area (Å²) in [4.78, 5) is 21.6. The quantitative estimate of drug-likeness (QED) is 0.881. The van der Waals surface area contributed by atoms with E-state index in [0.717, 1.165) is 23.1 Å². The lowest BCUT2D eigenvalue weighted by Crippen LogP contribution is -2.32. The van der Waals surface area contributed by atoms with Gasteiger partial charge in [0.25, 0.3) is 5.56 Å². The lowest BCUT2D eigenvalue weighted by atomic mass is 10.1. The molecule has 1 aliphatic heterocycles.